The van der Waals surface area contributed by atoms with Gasteiger partial charge in [-0.25, -0.2) is 0 Å². The average Bonchev–Trinajstić information content (AvgIpc) is 2.63. The molecule has 2 aromatic rings. The molecule has 2 rings (SSSR count). The predicted octanol–water partition coefficient (Wildman–Crippen LogP) is 1.57. The van der Waals surface area contributed by atoms with Crippen molar-refractivity contribution in [1.82, 2.24) is 24.7 Å². The van der Waals surface area contributed by atoms with Crippen LogP contribution in [0, 0.1) is 0 Å². The standard InChI is InChI=1S/C9H10Cl2N6/c1-17-5-6(4-13-17)2-3-12-9-15-7(10)14-8(11)16-9/h4-5H,2-3H2,1H3,(H,12,14,15,16). The van der Waals surface area contributed by atoms with Crippen molar-refractivity contribution < 1.29 is 0 Å². The molecule has 8 heteroatoms. The molecule has 0 fully saturated rings. The number of rotatable bonds is 4. The number of aryl methyl sites for hydroxylation is 1. The summed E-state index contributed by atoms with van der Waals surface area (Å²) in [4.78, 5) is 11.5. The van der Waals surface area contributed by atoms with Gasteiger partial charge in [0.05, 0.1) is 6.20 Å². The van der Waals surface area contributed by atoms with Gasteiger partial charge in [-0.3, -0.25) is 4.68 Å². The van der Waals surface area contributed by atoms with Gasteiger partial charge in [0.2, 0.25) is 16.5 Å². The summed E-state index contributed by atoms with van der Waals surface area (Å²) >= 11 is 11.3. The van der Waals surface area contributed by atoms with Gasteiger partial charge in [-0.05, 0) is 35.2 Å². The van der Waals surface area contributed by atoms with Gasteiger partial charge < -0.3 is 5.32 Å². The molecule has 0 saturated carbocycles. The van der Waals surface area contributed by atoms with Gasteiger partial charge >= 0.3 is 0 Å². The molecule has 1 N–H and O–H groups in total. The fourth-order valence-electron chi connectivity index (χ4n) is 1.32. The Kier molecular flexibility index (Phi) is 3.75. The van der Waals surface area contributed by atoms with Crippen LogP contribution in [0.3, 0.4) is 0 Å². The Morgan fingerprint density at radius 3 is 2.53 bits per heavy atom. The number of anilines is 1. The molecule has 0 unspecified atom stereocenters. The van der Waals surface area contributed by atoms with E-state index in [1.807, 2.05) is 19.4 Å². The van der Waals surface area contributed by atoms with E-state index in [9.17, 15) is 0 Å². The van der Waals surface area contributed by atoms with E-state index < -0.39 is 0 Å². The first-order valence-electron chi connectivity index (χ1n) is 4.92. The van der Waals surface area contributed by atoms with Gasteiger partial charge in [0.25, 0.3) is 0 Å². The molecule has 0 saturated heterocycles. The van der Waals surface area contributed by atoms with E-state index in [1.54, 1.807) is 4.68 Å². The Morgan fingerprint density at radius 1 is 1.24 bits per heavy atom. The average molecular weight is 273 g/mol. The summed E-state index contributed by atoms with van der Waals surface area (Å²) in [5, 5.41) is 7.25. The Labute approximate surface area is 108 Å². The van der Waals surface area contributed by atoms with Crippen LogP contribution in [0.25, 0.3) is 0 Å². The third-order valence-corrected chi connectivity index (χ3v) is 2.37. The maximum absolute atomic E-state index is 5.65. The minimum absolute atomic E-state index is 0.0777. The number of nitrogens with one attached hydrogen (secondary N) is 1. The maximum atomic E-state index is 5.65. The van der Waals surface area contributed by atoms with Gasteiger partial charge in [0.1, 0.15) is 0 Å². The Balaban J connectivity index is 1.89. The summed E-state index contributed by atoms with van der Waals surface area (Å²) < 4.78 is 1.76. The number of nitrogens with zero attached hydrogens (tertiary/aromatic N) is 5. The van der Waals surface area contributed by atoms with Gasteiger partial charge in [-0.15, -0.1) is 0 Å². The molecule has 0 bridgehead atoms. The molecule has 0 atom stereocenters. The van der Waals surface area contributed by atoms with Crippen LogP contribution in [0.2, 0.25) is 10.6 Å². The van der Waals surface area contributed by atoms with Crippen molar-refractivity contribution in [3.05, 3.63) is 28.5 Å². The minimum atomic E-state index is 0.0777. The third-order valence-electron chi connectivity index (χ3n) is 2.04. The van der Waals surface area contributed by atoms with E-state index in [0.29, 0.717) is 12.5 Å². The zero-order valence-corrected chi connectivity index (χ0v) is 10.6. The van der Waals surface area contributed by atoms with E-state index >= 15 is 0 Å². The summed E-state index contributed by atoms with van der Waals surface area (Å²) in [5.41, 5.74) is 1.13. The largest absolute Gasteiger partial charge is 0.354 e. The van der Waals surface area contributed by atoms with Crippen LogP contribution in [-0.2, 0) is 13.5 Å². The number of hydrogen-bond acceptors (Lipinski definition) is 5. The van der Waals surface area contributed by atoms with Crippen molar-refractivity contribution in [2.45, 2.75) is 6.42 Å². The summed E-state index contributed by atoms with van der Waals surface area (Å²) in [6.07, 6.45) is 4.58. The minimum Gasteiger partial charge on any atom is -0.354 e. The molecule has 90 valence electrons. The second kappa shape index (κ2) is 5.29. The van der Waals surface area contributed by atoms with E-state index in [1.165, 1.54) is 0 Å². The van der Waals surface area contributed by atoms with Crippen molar-refractivity contribution >= 4 is 29.2 Å². The molecule has 0 spiro atoms. The Morgan fingerprint density at radius 2 is 1.94 bits per heavy atom. The molecule has 6 nitrogen and oxygen atoms in total. The van der Waals surface area contributed by atoms with E-state index in [0.717, 1.165) is 12.0 Å². The molecule has 0 radical (unpaired) electrons. The molecule has 2 aromatic heterocycles. The summed E-state index contributed by atoms with van der Waals surface area (Å²) in [7, 11) is 1.88. The number of aromatic nitrogens is 5. The summed E-state index contributed by atoms with van der Waals surface area (Å²) in [5.74, 6) is 0.374. The first-order valence-corrected chi connectivity index (χ1v) is 5.67. The van der Waals surface area contributed by atoms with Crippen LogP contribution in [0.1, 0.15) is 5.56 Å². The SMILES string of the molecule is Cn1cc(CCNc2nc(Cl)nc(Cl)n2)cn1. The predicted molar refractivity (Wildman–Crippen MR) is 65.2 cm³/mol. The van der Waals surface area contributed by atoms with Crippen LogP contribution in [0.4, 0.5) is 5.95 Å². The van der Waals surface area contributed by atoms with Crippen LogP contribution >= 0.6 is 23.2 Å². The lowest BCUT2D eigenvalue weighted by atomic mass is 10.2. The molecule has 2 heterocycles. The monoisotopic (exact) mass is 272 g/mol. The normalized spacial score (nSPS) is 10.5. The van der Waals surface area contributed by atoms with Gasteiger partial charge in [0.15, 0.2) is 0 Å². The molecule has 0 aromatic carbocycles. The molecular weight excluding hydrogens is 263 g/mol. The van der Waals surface area contributed by atoms with E-state index in [4.69, 9.17) is 23.2 Å². The lowest BCUT2D eigenvalue weighted by molar-refractivity contribution is 0.766. The molecule has 0 aliphatic heterocycles. The van der Waals surface area contributed by atoms with Crippen LogP contribution in [0.15, 0.2) is 12.4 Å². The highest BCUT2D eigenvalue weighted by Gasteiger charge is 2.02. The number of halogens is 2. The van der Waals surface area contributed by atoms with E-state index in [2.05, 4.69) is 25.4 Å². The smallest absolute Gasteiger partial charge is 0.228 e. The lowest BCUT2D eigenvalue weighted by Gasteiger charge is -2.03. The molecule has 0 aliphatic rings. The number of hydrogen-bond donors (Lipinski definition) is 1. The topological polar surface area (TPSA) is 68.5 Å². The van der Waals surface area contributed by atoms with Crippen molar-refractivity contribution in [3.63, 3.8) is 0 Å². The van der Waals surface area contributed by atoms with Crippen LogP contribution < -0.4 is 5.32 Å². The van der Waals surface area contributed by atoms with E-state index in [-0.39, 0.29) is 10.6 Å². The Bertz CT molecular complexity index is 492. The molecule has 0 amide bonds. The second-order valence-electron chi connectivity index (χ2n) is 3.40. The summed E-state index contributed by atoms with van der Waals surface area (Å²) in [6, 6.07) is 0. The lowest BCUT2D eigenvalue weighted by Crippen LogP contribution is -2.08. The first-order chi connectivity index (χ1) is 8.13. The van der Waals surface area contributed by atoms with Gasteiger partial charge in [0, 0.05) is 19.8 Å². The van der Waals surface area contributed by atoms with Crippen molar-refractivity contribution in [2.24, 2.45) is 7.05 Å². The Hall–Kier alpha value is -1.40. The van der Waals surface area contributed by atoms with Crippen molar-refractivity contribution in [3.8, 4) is 0 Å². The van der Waals surface area contributed by atoms with Crippen molar-refractivity contribution in [1.29, 1.82) is 0 Å². The van der Waals surface area contributed by atoms with Crippen LogP contribution in [0.5, 0.6) is 0 Å². The highest BCUT2D eigenvalue weighted by atomic mass is 35.5. The highest BCUT2D eigenvalue weighted by Crippen LogP contribution is 2.09. The molecular formula is C9H10Cl2N6. The second-order valence-corrected chi connectivity index (χ2v) is 4.07. The zero-order chi connectivity index (χ0) is 12.3. The van der Waals surface area contributed by atoms with Gasteiger partial charge in [-0.2, -0.15) is 20.1 Å². The summed E-state index contributed by atoms with van der Waals surface area (Å²) in [6.45, 7) is 0.669. The third kappa shape index (κ3) is 3.54. The fourth-order valence-corrected chi connectivity index (χ4v) is 1.69. The first kappa shape index (κ1) is 12.1. The molecule has 17 heavy (non-hydrogen) atoms. The van der Waals surface area contributed by atoms with Gasteiger partial charge in [-0.1, -0.05) is 0 Å². The van der Waals surface area contributed by atoms with Crippen LogP contribution in [-0.4, -0.2) is 31.3 Å². The maximum Gasteiger partial charge on any atom is 0.228 e. The molecule has 0 aliphatic carbocycles. The highest BCUT2D eigenvalue weighted by molar-refractivity contribution is 6.31. The zero-order valence-electron chi connectivity index (χ0n) is 9.06. The fraction of sp³-hybridized carbons (Fsp3) is 0.333. The van der Waals surface area contributed by atoms with Crippen molar-refractivity contribution in [2.75, 3.05) is 11.9 Å². The quantitative estimate of drug-likeness (QED) is 0.915.